The third kappa shape index (κ3) is 4.07. The van der Waals surface area contributed by atoms with Crippen molar-refractivity contribution in [2.24, 2.45) is 0 Å². The quantitative estimate of drug-likeness (QED) is 0.872. The highest BCUT2D eigenvalue weighted by Gasteiger charge is 2.09. The molecule has 0 spiro atoms. The Bertz CT molecular complexity index is 556. The summed E-state index contributed by atoms with van der Waals surface area (Å²) in [6.07, 6.45) is 1.68. The van der Waals surface area contributed by atoms with E-state index in [-0.39, 0.29) is 11.9 Å². The van der Waals surface area contributed by atoms with E-state index in [0.29, 0.717) is 0 Å². The van der Waals surface area contributed by atoms with Gasteiger partial charge in [0.1, 0.15) is 11.6 Å². The van der Waals surface area contributed by atoms with Gasteiger partial charge in [0.2, 0.25) is 0 Å². The van der Waals surface area contributed by atoms with Gasteiger partial charge in [-0.15, -0.1) is 0 Å². The Morgan fingerprint density at radius 3 is 2.30 bits per heavy atom. The van der Waals surface area contributed by atoms with E-state index >= 15 is 0 Å². The zero-order chi connectivity index (χ0) is 14.4. The van der Waals surface area contributed by atoms with E-state index in [4.69, 9.17) is 4.74 Å². The molecule has 2 nitrogen and oxygen atoms in total. The molecule has 0 radical (unpaired) electrons. The Labute approximate surface area is 119 Å². The molecule has 0 aliphatic rings. The first-order valence-electron chi connectivity index (χ1n) is 6.76. The van der Waals surface area contributed by atoms with Gasteiger partial charge in [-0.05, 0) is 55.3 Å². The van der Waals surface area contributed by atoms with Crippen LogP contribution in [-0.2, 0) is 12.8 Å². The van der Waals surface area contributed by atoms with Crippen LogP contribution in [0, 0.1) is 5.82 Å². The molecule has 0 aliphatic heterocycles. The number of benzene rings is 2. The van der Waals surface area contributed by atoms with Gasteiger partial charge in [-0.25, -0.2) is 4.39 Å². The normalized spacial score (nSPS) is 12.2. The maximum absolute atomic E-state index is 13.2. The molecule has 3 heteroatoms. The van der Waals surface area contributed by atoms with Crippen molar-refractivity contribution in [1.29, 1.82) is 0 Å². The summed E-state index contributed by atoms with van der Waals surface area (Å²) in [5.41, 5.74) is 2.22. The van der Waals surface area contributed by atoms with Gasteiger partial charge < -0.3 is 10.1 Å². The summed E-state index contributed by atoms with van der Waals surface area (Å²) in [6, 6.07) is 15.1. The van der Waals surface area contributed by atoms with Gasteiger partial charge in [-0.3, -0.25) is 0 Å². The van der Waals surface area contributed by atoms with Gasteiger partial charge >= 0.3 is 0 Å². The predicted octanol–water partition coefficient (Wildman–Crippen LogP) is 3.21. The summed E-state index contributed by atoms with van der Waals surface area (Å²) >= 11 is 0. The smallest absolute Gasteiger partial charge is 0.123 e. The molecule has 1 N–H and O–H groups in total. The van der Waals surface area contributed by atoms with E-state index < -0.39 is 0 Å². The highest BCUT2D eigenvalue weighted by atomic mass is 19.1. The topological polar surface area (TPSA) is 21.3 Å². The lowest BCUT2D eigenvalue weighted by Gasteiger charge is -2.17. The van der Waals surface area contributed by atoms with Crippen molar-refractivity contribution < 1.29 is 9.13 Å². The lowest BCUT2D eigenvalue weighted by molar-refractivity contribution is 0.414. The molecule has 0 aromatic heterocycles. The van der Waals surface area contributed by atoms with E-state index in [1.807, 2.05) is 31.3 Å². The molecule has 2 rings (SSSR count). The van der Waals surface area contributed by atoms with Crippen LogP contribution >= 0.6 is 0 Å². The molecule has 0 fully saturated rings. The third-order valence-electron chi connectivity index (χ3n) is 3.40. The van der Waals surface area contributed by atoms with Crippen molar-refractivity contribution in [3.8, 4) is 5.75 Å². The molecule has 2 aromatic carbocycles. The average Bonchev–Trinajstić information content (AvgIpc) is 2.47. The fourth-order valence-corrected chi connectivity index (χ4v) is 2.31. The molecule has 0 aliphatic carbocycles. The monoisotopic (exact) mass is 273 g/mol. The minimum Gasteiger partial charge on any atom is -0.497 e. The van der Waals surface area contributed by atoms with Gasteiger partial charge in [0.15, 0.2) is 0 Å². The van der Waals surface area contributed by atoms with Gasteiger partial charge in [-0.1, -0.05) is 24.3 Å². The Balaban J connectivity index is 2.05. The van der Waals surface area contributed by atoms with Crippen LogP contribution in [0.25, 0.3) is 0 Å². The van der Waals surface area contributed by atoms with Crippen LogP contribution in [0.15, 0.2) is 48.5 Å². The third-order valence-corrected chi connectivity index (χ3v) is 3.40. The molecule has 1 atom stereocenters. The number of hydrogen-bond donors (Lipinski definition) is 1. The highest BCUT2D eigenvalue weighted by molar-refractivity contribution is 5.29. The molecular weight excluding hydrogens is 253 g/mol. The molecule has 0 heterocycles. The largest absolute Gasteiger partial charge is 0.497 e. The lowest BCUT2D eigenvalue weighted by Crippen LogP contribution is -2.29. The van der Waals surface area contributed by atoms with Crippen molar-refractivity contribution in [3.63, 3.8) is 0 Å². The molecular formula is C17H20FNO. The number of methoxy groups -OCH3 is 1. The molecule has 0 amide bonds. The first kappa shape index (κ1) is 14.5. The van der Waals surface area contributed by atoms with E-state index in [2.05, 4.69) is 11.4 Å². The van der Waals surface area contributed by atoms with Gasteiger partial charge in [0.05, 0.1) is 7.11 Å². The molecule has 1 unspecified atom stereocenters. The van der Waals surface area contributed by atoms with Crippen LogP contribution in [0.5, 0.6) is 5.75 Å². The maximum Gasteiger partial charge on any atom is 0.123 e. The number of rotatable bonds is 6. The van der Waals surface area contributed by atoms with Gasteiger partial charge in [0, 0.05) is 6.04 Å². The van der Waals surface area contributed by atoms with Crippen molar-refractivity contribution in [1.82, 2.24) is 5.32 Å². The zero-order valence-corrected chi connectivity index (χ0v) is 11.9. The van der Waals surface area contributed by atoms with Gasteiger partial charge in [-0.2, -0.15) is 0 Å². The molecule has 20 heavy (non-hydrogen) atoms. The second kappa shape index (κ2) is 7.06. The molecule has 0 saturated heterocycles. The number of likely N-dealkylation sites (N-methyl/N-ethyl adjacent to an activating group) is 1. The summed E-state index contributed by atoms with van der Waals surface area (Å²) in [4.78, 5) is 0. The van der Waals surface area contributed by atoms with Crippen LogP contribution in [-0.4, -0.2) is 20.2 Å². The zero-order valence-electron chi connectivity index (χ0n) is 11.9. The van der Waals surface area contributed by atoms with Crippen LogP contribution in [0.4, 0.5) is 4.39 Å². The molecule has 0 saturated carbocycles. The lowest BCUT2D eigenvalue weighted by atomic mass is 9.99. The van der Waals surface area contributed by atoms with Crippen molar-refractivity contribution in [3.05, 3.63) is 65.5 Å². The SMILES string of the molecule is CNC(Cc1cccc(F)c1)Cc1cccc(OC)c1. The maximum atomic E-state index is 13.2. The van der Waals surface area contributed by atoms with Crippen molar-refractivity contribution >= 4 is 0 Å². The first-order chi connectivity index (χ1) is 9.71. The fourth-order valence-electron chi connectivity index (χ4n) is 2.31. The summed E-state index contributed by atoms with van der Waals surface area (Å²) in [5.74, 6) is 0.682. The average molecular weight is 273 g/mol. The Hall–Kier alpha value is -1.87. The van der Waals surface area contributed by atoms with Crippen LogP contribution in [0.3, 0.4) is 0 Å². The molecule has 2 aromatic rings. The van der Waals surface area contributed by atoms with E-state index in [1.165, 1.54) is 11.6 Å². The fraction of sp³-hybridized carbons (Fsp3) is 0.294. The van der Waals surface area contributed by atoms with Gasteiger partial charge in [0.25, 0.3) is 0 Å². The second-order valence-electron chi connectivity index (χ2n) is 4.88. The summed E-state index contributed by atoms with van der Waals surface area (Å²) < 4.78 is 18.4. The molecule has 0 bridgehead atoms. The summed E-state index contributed by atoms with van der Waals surface area (Å²) in [7, 11) is 3.60. The summed E-state index contributed by atoms with van der Waals surface area (Å²) in [5, 5.41) is 3.29. The Morgan fingerprint density at radius 2 is 1.70 bits per heavy atom. The first-order valence-corrected chi connectivity index (χ1v) is 6.76. The van der Waals surface area contributed by atoms with Crippen LogP contribution in [0.2, 0.25) is 0 Å². The Kier molecular flexibility index (Phi) is 5.13. The summed E-state index contributed by atoms with van der Waals surface area (Å²) in [6.45, 7) is 0. The standard InChI is InChI=1S/C17H20FNO/c1-19-16(10-13-5-3-7-15(18)9-13)11-14-6-4-8-17(12-14)20-2/h3-9,12,16,19H,10-11H2,1-2H3. The van der Waals surface area contributed by atoms with E-state index in [0.717, 1.165) is 24.2 Å². The van der Waals surface area contributed by atoms with Crippen LogP contribution in [0.1, 0.15) is 11.1 Å². The minimum atomic E-state index is -0.182. The Morgan fingerprint density at radius 1 is 1.05 bits per heavy atom. The predicted molar refractivity (Wildman–Crippen MR) is 79.6 cm³/mol. The van der Waals surface area contributed by atoms with Crippen molar-refractivity contribution in [2.45, 2.75) is 18.9 Å². The number of nitrogens with one attached hydrogen (secondary N) is 1. The highest BCUT2D eigenvalue weighted by Crippen LogP contribution is 2.15. The number of ether oxygens (including phenoxy) is 1. The van der Waals surface area contributed by atoms with E-state index in [1.54, 1.807) is 19.2 Å². The number of hydrogen-bond acceptors (Lipinski definition) is 2. The van der Waals surface area contributed by atoms with Crippen LogP contribution < -0.4 is 10.1 Å². The molecule has 106 valence electrons. The number of halogens is 1. The van der Waals surface area contributed by atoms with Crippen molar-refractivity contribution in [2.75, 3.05) is 14.2 Å². The van der Waals surface area contributed by atoms with E-state index in [9.17, 15) is 4.39 Å². The minimum absolute atomic E-state index is 0.182. The second-order valence-corrected chi connectivity index (χ2v) is 4.88.